The van der Waals surface area contributed by atoms with E-state index in [1.165, 1.54) is 6.08 Å². The van der Waals surface area contributed by atoms with Gasteiger partial charge in [-0.05, 0) is 60.0 Å². The van der Waals surface area contributed by atoms with Gasteiger partial charge >= 0.3 is 5.97 Å². The third-order valence-corrected chi connectivity index (χ3v) is 7.80. The fraction of sp³-hybridized carbons (Fsp3) is 0.654. The number of hydrogen-bond donors (Lipinski definition) is 1. The SMILES string of the molecule is CC1CC2CC(C)(C)C(O)C(C)(C(C)C)C(OC(=O)C=Cc3ccccc3)C2C1. The van der Waals surface area contributed by atoms with Crippen LogP contribution in [0.15, 0.2) is 36.4 Å². The molecule has 2 saturated carbocycles. The number of fused-ring (bicyclic) bond motifs is 1. The number of ether oxygens (including phenoxy) is 1. The first-order valence-corrected chi connectivity index (χ1v) is 11.2. The molecule has 0 heterocycles. The highest BCUT2D eigenvalue weighted by Crippen LogP contribution is 2.57. The third-order valence-electron chi connectivity index (χ3n) is 7.80. The monoisotopic (exact) mass is 398 g/mol. The number of hydrogen-bond acceptors (Lipinski definition) is 3. The molecule has 0 spiro atoms. The third kappa shape index (κ3) is 4.30. The smallest absolute Gasteiger partial charge is 0.331 e. The van der Waals surface area contributed by atoms with Gasteiger partial charge in [0.1, 0.15) is 6.10 Å². The minimum absolute atomic E-state index is 0.197. The van der Waals surface area contributed by atoms with E-state index >= 15 is 0 Å². The lowest BCUT2D eigenvalue weighted by Gasteiger charge is -2.48. The fourth-order valence-electron chi connectivity index (χ4n) is 6.05. The summed E-state index contributed by atoms with van der Waals surface area (Å²) in [7, 11) is 0. The number of esters is 1. The molecule has 2 aliphatic rings. The molecule has 2 aliphatic carbocycles. The zero-order chi connectivity index (χ0) is 21.4. The van der Waals surface area contributed by atoms with Crippen LogP contribution in [-0.2, 0) is 9.53 Å². The van der Waals surface area contributed by atoms with Crippen LogP contribution in [-0.4, -0.2) is 23.3 Å². The summed E-state index contributed by atoms with van der Waals surface area (Å²) in [6.45, 7) is 13.1. The quantitative estimate of drug-likeness (QED) is 0.521. The van der Waals surface area contributed by atoms with E-state index < -0.39 is 11.5 Å². The Labute approximate surface area is 176 Å². The molecule has 0 aliphatic heterocycles. The molecule has 1 aromatic rings. The van der Waals surface area contributed by atoms with Crippen molar-refractivity contribution in [3.63, 3.8) is 0 Å². The molecule has 1 N–H and O–H groups in total. The normalized spacial score (nSPS) is 36.8. The maximum atomic E-state index is 12.9. The second-order valence-electron chi connectivity index (χ2n) is 10.7. The molecule has 0 saturated heterocycles. The molecule has 2 fully saturated rings. The molecule has 1 aromatic carbocycles. The molecule has 0 amide bonds. The van der Waals surface area contributed by atoms with Crippen molar-refractivity contribution in [2.75, 3.05) is 0 Å². The van der Waals surface area contributed by atoms with Crippen LogP contribution in [0.25, 0.3) is 6.08 Å². The summed E-state index contributed by atoms with van der Waals surface area (Å²) in [6.07, 6.45) is 5.75. The van der Waals surface area contributed by atoms with Crippen molar-refractivity contribution in [2.45, 2.75) is 73.0 Å². The Balaban J connectivity index is 1.93. The first-order valence-electron chi connectivity index (χ1n) is 11.2. The maximum absolute atomic E-state index is 12.9. The van der Waals surface area contributed by atoms with Crippen LogP contribution in [0.3, 0.4) is 0 Å². The van der Waals surface area contributed by atoms with Crippen molar-refractivity contribution >= 4 is 12.0 Å². The fourth-order valence-corrected chi connectivity index (χ4v) is 6.05. The molecule has 3 heteroatoms. The number of carbonyl (C=O) groups is 1. The van der Waals surface area contributed by atoms with E-state index in [1.54, 1.807) is 6.08 Å². The molecule has 6 atom stereocenters. The van der Waals surface area contributed by atoms with Gasteiger partial charge in [-0.15, -0.1) is 0 Å². The molecule has 0 bridgehead atoms. The van der Waals surface area contributed by atoms with Crippen LogP contribution in [0, 0.1) is 34.5 Å². The largest absolute Gasteiger partial charge is 0.458 e. The average molecular weight is 399 g/mol. The lowest BCUT2D eigenvalue weighted by atomic mass is 9.62. The summed E-state index contributed by atoms with van der Waals surface area (Å²) in [6, 6.07) is 9.80. The number of benzene rings is 1. The second kappa shape index (κ2) is 8.26. The van der Waals surface area contributed by atoms with Gasteiger partial charge in [0, 0.05) is 11.5 Å². The molecule has 0 radical (unpaired) electrons. The summed E-state index contributed by atoms with van der Waals surface area (Å²) in [5.74, 6) is 1.32. The molecule has 160 valence electrons. The van der Waals surface area contributed by atoms with E-state index in [0.29, 0.717) is 17.8 Å². The van der Waals surface area contributed by atoms with Crippen LogP contribution < -0.4 is 0 Å². The number of carbonyl (C=O) groups excluding carboxylic acids is 1. The van der Waals surface area contributed by atoms with E-state index in [1.807, 2.05) is 30.3 Å². The first-order chi connectivity index (χ1) is 13.6. The highest BCUT2D eigenvalue weighted by Gasteiger charge is 2.59. The Hall–Kier alpha value is -1.61. The number of aliphatic hydroxyl groups is 1. The Morgan fingerprint density at radius 3 is 2.45 bits per heavy atom. The number of aliphatic hydroxyl groups excluding tert-OH is 1. The second-order valence-corrected chi connectivity index (χ2v) is 10.7. The minimum atomic E-state index is -0.521. The van der Waals surface area contributed by atoms with E-state index in [9.17, 15) is 9.90 Å². The Morgan fingerprint density at radius 1 is 1.17 bits per heavy atom. The Morgan fingerprint density at radius 2 is 1.83 bits per heavy atom. The van der Waals surface area contributed by atoms with Crippen LogP contribution >= 0.6 is 0 Å². The van der Waals surface area contributed by atoms with Gasteiger partial charge in [0.2, 0.25) is 0 Å². The molecule has 3 nitrogen and oxygen atoms in total. The Kier molecular flexibility index (Phi) is 6.29. The van der Waals surface area contributed by atoms with Crippen molar-refractivity contribution in [3.05, 3.63) is 42.0 Å². The standard InChI is InChI=1S/C26H38O3/c1-17(2)26(6)23(29-22(27)13-12-19-10-8-7-9-11-19)21-15-18(3)14-20(21)16-25(4,5)24(26)28/h7-13,17-18,20-21,23-24,28H,14-16H2,1-6H3. The molecule has 0 aromatic heterocycles. The van der Waals surface area contributed by atoms with Gasteiger partial charge in [-0.3, -0.25) is 0 Å². The van der Waals surface area contributed by atoms with E-state index in [2.05, 4.69) is 41.5 Å². The van der Waals surface area contributed by atoms with Crippen LogP contribution in [0.4, 0.5) is 0 Å². The average Bonchev–Trinajstić information content (AvgIpc) is 3.00. The number of rotatable bonds is 4. The van der Waals surface area contributed by atoms with Gasteiger partial charge in [-0.2, -0.15) is 0 Å². The lowest BCUT2D eigenvalue weighted by molar-refractivity contribution is -0.175. The van der Waals surface area contributed by atoms with Gasteiger partial charge in [0.15, 0.2) is 0 Å². The molecular weight excluding hydrogens is 360 g/mol. The highest BCUT2D eigenvalue weighted by molar-refractivity contribution is 5.87. The lowest BCUT2D eigenvalue weighted by Crippen LogP contribution is -2.54. The van der Waals surface area contributed by atoms with Crippen molar-refractivity contribution in [2.24, 2.45) is 34.5 Å². The van der Waals surface area contributed by atoms with Gasteiger partial charge in [0.05, 0.1) is 6.10 Å². The van der Waals surface area contributed by atoms with Crippen molar-refractivity contribution in [1.82, 2.24) is 0 Å². The zero-order valence-electron chi connectivity index (χ0n) is 18.9. The van der Waals surface area contributed by atoms with Crippen LogP contribution in [0.5, 0.6) is 0 Å². The molecule has 3 rings (SSSR count). The molecule has 6 unspecified atom stereocenters. The van der Waals surface area contributed by atoms with E-state index in [4.69, 9.17) is 4.74 Å². The van der Waals surface area contributed by atoms with Gasteiger partial charge in [-0.1, -0.05) is 71.9 Å². The van der Waals surface area contributed by atoms with Crippen LogP contribution in [0.1, 0.15) is 66.4 Å². The van der Waals surface area contributed by atoms with Crippen molar-refractivity contribution < 1.29 is 14.6 Å². The summed E-state index contributed by atoms with van der Waals surface area (Å²) < 4.78 is 6.21. The predicted molar refractivity (Wildman–Crippen MR) is 118 cm³/mol. The molecule has 29 heavy (non-hydrogen) atoms. The molecular formula is C26H38O3. The topological polar surface area (TPSA) is 46.5 Å². The summed E-state index contributed by atoms with van der Waals surface area (Å²) in [5.41, 5.74) is 0.293. The first kappa shape index (κ1) is 22.1. The van der Waals surface area contributed by atoms with E-state index in [0.717, 1.165) is 24.8 Å². The maximum Gasteiger partial charge on any atom is 0.331 e. The summed E-state index contributed by atoms with van der Waals surface area (Å²) in [4.78, 5) is 12.9. The van der Waals surface area contributed by atoms with E-state index in [-0.39, 0.29) is 23.4 Å². The van der Waals surface area contributed by atoms with Gasteiger partial charge in [-0.25, -0.2) is 4.79 Å². The van der Waals surface area contributed by atoms with Gasteiger partial charge in [0.25, 0.3) is 0 Å². The summed E-state index contributed by atoms with van der Waals surface area (Å²) in [5, 5.41) is 11.5. The highest BCUT2D eigenvalue weighted by atomic mass is 16.5. The van der Waals surface area contributed by atoms with Crippen molar-refractivity contribution in [1.29, 1.82) is 0 Å². The Bertz CT molecular complexity index is 736. The summed E-state index contributed by atoms with van der Waals surface area (Å²) >= 11 is 0. The zero-order valence-corrected chi connectivity index (χ0v) is 18.9. The van der Waals surface area contributed by atoms with Crippen LogP contribution in [0.2, 0.25) is 0 Å². The predicted octanol–water partition coefficient (Wildman–Crippen LogP) is 5.73. The van der Waals surface area contributed by atoms with Crippen molar-refractivity contribution in [3.8, 4) is 0 Å². The minimum Gasteiger partial charge on any atom is -0.458 e. The van der Waals surface area contributed by atoms with Gasteiger partial charge < -0.3 is 9.84 Å².